The summed E-state index contributed by atoms with van der Waals surface area (Å²) < 4.78 is 6.75. The first kappa shape index (κ1) is 19.6. The number of aliphatic hydroxyl groups excluding tert-OH is 1. The summed E-state index contributed by atoms with van der Waals surface area (Å²) in [7, 11) is 0. The van der Waals surface area contributed by atoms with Crippen LogP contribution in [0.3, 0.4) is 0 Å². The summed E-state index contributed by atoms with van der Waals surface area (Å²) in [6.45, 7) is 0. The van der Waals surface area contributed by atoms with E-state index >= 15 is 0 Å². The summed E-state index contributed by atoms with van der Waals surface area (Å²) in [6.07, 6.45) is 0. The lowest BCUT2D eigenvalue weighted by atomic mass is 10.2. The standard InChI is InChI=1S/C21H12ClN5O2S2/c22-17-11-5-1-4-8-16(11)31-18(17)20-26-27-21(29-20)30-10-15(28)12(9-23)19-24-13-6-2-3-7-14(13)25-19/h1-8,28H,10H2,(H,24,25). The van der Waals surface area contributed by atoms with Crippen molar-refractivity contribution in [1.82, 2.24) is 20.2 Å². The molecule has 0 aliphatic carbocycles. The Balaban J connectivity index is 1.37. The zero-order chi connectivity index (χ0) is 21.4. The summed E-state index contributed by atoms with van der Waals surface area (Å²) in [4.78, 5) is 8.11. The van der Waals surface area contributed by atoms with Crippen molar-refractivity contribution in [2.24, 2.45) is 0 Å². The monoisotopic (exact) mass is 465 g/mol. The number of imidazole rings is 1. The van der Waals surface area contributed by atoms with E-state index in [0.29, 0.717) is 27.1 Å². The van der Waals surface area contributed by atoms with E-state index in [0.717, 1.165) is 27.4 Å². The molecular weight excluding hydrogens is 454 g/mol. The number of hydrogen-bond donors (Lipinski definition) is 2. The maximum atomic E-state index is 10.5. The first-order chi connectivity index (χ1) is 15.1. The summed E-state index contributed by atoms with van der Waals surface area (Å²) in [5, 5.41) is 29.9. The van der Waals surface area contributed by atoms with Gasteiger partial charge < -0.3 is 14.5 Å². The van der Waals surface area contributed by atoms with Crippen LogP contribution in [0.4, 0.5) is 0 Å². The van der Waals surface area contributed by atoms with Gasteiger partial charge in [-0.25, -0.2) is 4.98 Å². The first-order valence-corrected chi connectivity index (χ1v) is 11.2. The van der Waals surface area contributed by atoms with Crippen molar-refractivity contribution in [2.75, 3.05) is 5.75 Å². The predicted octanol–water partition coefficient (Wildman–Crippen LogP) is 6.07. The van der Waals surface area contributed by atoms with Crippen molar-refractivity contribution in [3.8, 4) is 16.8 Å². The van der Waals surface area contributed by atoms with Crippen molar-refractivity contribution >= 4 is 61.4 Å². The topological polar surface area (TPSA) is 112 Å². The Morgan fingerprint density at radius 1 is 1.19 bits per heavy atom. The molecule has 3 aromatic heterocycles. The lowest BCUT2D eigenvalue weighted by Gasteiger charge is -2.00. The van der Waals surface area contributed by atoms with E-state index in [-0.39, 0.29) is 22.3 Å². The summed E-state index contributed by atoms with van der Waals surface area (Å²) in [6, 6.07) is 17.2. The van der Waals surface area contributed by atoms with Crippen molar-refractivity contribution in [3.63, 3.8) is 0 Å². The number of nitriles is 1. The van der Waals surface area contributed by atoms with E-state index in [1.165, 1.54) is 11.3 Å². The van der Waals surface area contributed by atoms with Gasteiger partial charge in [0.2, 0.25) is 0 Å². The lowest BCUT2D eigenvalue weighted by Crippen LogP contribution is -1.95. The number of H-pyrrole nitrogens is 1. The molecule has 5 aromatic rings. The van der Waals surface area contributed by atoms with Gasteiger partial charge in [0.25, 0.3) is 11.1 Å². The number of nitrogens with zero attached hydrogens (tertiary/aromatic N) is 4. The average Bonchev–Trinajstić information content (AvgIpc) is 3.50. The minimum absolute atomic E-state index is 0.0657. The molecule has 7 nitrogen and oxygen atoms in total. The van der Waals surface area contributed by atoms with Gasteiger partial charge >= 0.3 is 0 Å². The molecule has 0 fully saturated rings. The number of fused-ring (bicyclic) bond motifs is 2. The van der Waals surface area contributed by atoms with E-state index in [2.05, 4.69) is 20.2 Å². The number of rotatable bonds is 5. The lowest BCUT2D eigenvalue weighted by molar-refractivity contribution is 0.418. The molecule has 2 aromatic carbocycles. The van der Waals surface area contributed by atoms with Gasteiger partial charge in [0.05, 0.1) is 21.8 Å². The van der Waals surface area contributed by atoms with Crippen LogP contribution in [0.25, 0.3) is 37.5 Å². The van der Waals surface area contributed by atoms with E-state index in [1.54, 1.807) is 0 Å². The van der Waals surface area contributed by atoms with Crippen LogP contribution < -0.4 is 0 Å². The average molecular weight is 466 g/mol. The number of hydrogen-bond acceptors (Lipinski definition) is 8. The van der Waals surface area contributed by atoms with Gasteiger partial charge in [-0.05, 0) is 18.2 Å². The number of aromatic nitrogens is 4. The summed E-state index contributed by atoms with van der Waals surface area (Å²) >= 11 is 9.07. The number of allylic oxidation sites excluding steroid dienone is 1. The van der Waals surface area contributed by atoms with Gasteiger partial charge in [-0.15, -0.1) is 21.5 Å². The predicted molar refractivity (Wildman–Crippen MR) is 122 cm³/mol. The second-order valence-electron chi connectivity index (χ2n) is 6.44. The number of aromatic amines is 1. The molecule has 0 unspecified atom stereocenters. The van der Waals surface area contributed by atoms with Crippen molar-refractivity contribution in [2.45, 2.75) is 5.22 Å². The van der Waals surface area contributed by atoms with Crippen LogP contribution in [-0.2, 0) is 0 Å². The molecule has 0 aliphatic heterocycles. The van der Waals surface area contributed by atoms with Crippen LogP contribution in [0.1, 0.15) is 5.82 Å². The van der Waals surface area contributed by atoms with Gasteiger partial charge in [0, 0.05) is 10.1 Å². The van der Waals surface area contributed by atoms with Crippen molar-refractivity contribution in [3.05, 3.63) is 65.1 Å². The fourth-order valence-electron chi connectivity index (χ4n) is 3.04. The molecule has 0 amide bonds. The molecule has 5 rings (SSSR count). The van der Waals surface area contributed by atoms with E-state index in [1.807, 2.05) is 54.6 Å². The number of para-hydroxylation sites is 2. The molecule has 2 N–H and O–H groups in total. The van der Waals surface area contributed by atoms with Crippen molar-refractivity contribution in [1.29, 1.82) is 5.26 Å². The van der Waals surface area contributed by atoms with E-state index in [4.69, 9.17) is 16.0 Å². The fourth-order valence-corrected chi connectivity index (χ4v) is 5.11. The number of halogens is 1. The third-order valence-electron chi connectivity index (χ3n) is 4.49. The third kappa shape index (κ3) is 3.65. The first-order valence-electron chi connectivity index (χ1n) is 9.05. The second-order valence-corrected chi connectivity index (χ2v) is 8.80. The Morgan fingerprint density at radius 3 is 2.81 bits per heavy atom. The van der Waals surface area contributed by atoms with Gasteiger partial charge in [0.15, 0.2) is 5.82 Å². The summed E-state index contributed by atoms with van der Waals surface area (Å²) in [5.74, 6) is 0.563. The van der Waals surface area contributed by atoms with E-state index in [9.17, 15) is 10.4 Å². The number of benzene rings is 2. The molecule has 0 atom stereocenters. The molecule has 31 heavy (non-hydrogen) atoms. The minimum Gasteiger partial charge on any atom is -0.510 e. The Labute approximate surface area is 189 Å². The quantitative estimate of drug-likeness (QED) is 0.184. The molecular formula is C21H12ClN5O2S2. The number of thioether (sulfide) groups is 1. The molecule has 0 radical (unpaired) electrons. The maximum Gasteiger partial charge on any atom is 0.277 e. The zero-order valence-electron chi connectivity index (χ0n) is 15.7. The molecule has 0 aliphatic rings. The largest absolute Gasteiger partial charge is 0.510 e. The zero-order valence-corrected chi connectivity index (χ0v) is 18.1. The Kier molecular flexibility index (Phi) is 5.11. The van der Waals surface area contributed by atoms with Crippen LogP contribution in [0, 0.1) is 11.3 Å². The molecule has 152 valence electrons. The van der Waals surface area contributed by atoms with Gasteiger partial charge in [-0.1, -0.05) is 53.7 Å². The number of aliphatic hydroxyl groups is 1. The van der Waals surface area contributed by atoms with Crippen LogP contribution in [0.15, 0.2) is 63.9 Å². The Bertz CT molecular complexity index is 1460. The molecule has 0 saturated carbocycles. The highest BCUT2D eigenvalue weighted by Crippen LogP contribution is 2.41. The smallest absolute Gasteiger partial charge is 0.277 e. The van der Waals surface area contributed by atoms with Crippen LogP contribution in [0.5, 0.6) is 0 Å². The highest BCUT2D eigenvalue weighted by Gasteiger charge is 2.19. The van der Waals surface area contributed by atoms with E-state index < -0.39 is 0 Å². The fraction of sp³-hybridized carbons (Fsp3) is 0.0476. The molecule has 10 heteroatoms. The van der Waals surface area contributed by atoms with Crippen LogP contribution in [0.2, 0.25) is 5.02 Å². The molecule has 0 saturated heterocycles. The Hall–Kier alpha value is -3.32. The van der Waals surface area contributed by atoms with Crippen LogP contribution in [-0.4, -0.2) is 31.0 Å². The Morgan fingerprint density at radius 2 is 2.00 bits per heavy atom. The summed E-state index contributed by atoms with van der Waals surface area (Å²) in [5.41, 5.74) is 1.57. The van der Waals surface area contributed by atoms with Crippen molar-refractivity contribution < 1.29 is 9.52 Å². The third-order valence-corrected chi connectivity index (χ3v) is 6.99. The van der Waals surface area contributed by atoms with Gasteiger partial charge in [-0.3, -0.25) is 0 Å². The highest BCUT2D eigenvalue weighted by molar-refractivity contribution is 7.99. The number of thiophene rings is 1. The van der Waals surface area contributed by atoms with Gasteiger partial charge in [0.1, 0.15) is 22.3 Å². The maximum absolute atomic E-state index is 10.5. The highest BCUT2D eigenvalue weighted by atomic mass is 35.5. The van der Waals surface area contributed by atoms with Crippen LogP contribution >= 0.6 is 34.7 Å². The van der Waals surface area contributed by atoms with Gasteiger partial charge in [-0.2, -0.15) is 5.26 Å². The minimum atomic E-state index is -0.133. The normalized spacial score (nSPS) is 12.3. The molecule has 3 heterocycles. The number of nitrogens with one attached hydrogen (secondary N) is 1. The SMILES string of the molecule is N#CC(=C(O)CSc1nnc(-c2sc3ccccc3c2Cl)o1)c1nc2ccccc2[nH]1. The molecule has 0 spiro atoms. The molecule has 0 bridgehead atoms. The second kappa shape index (κ2) is 8.07.